The van der Waals surface area contributed by atoms with E-state index in [2.05, 4.69) is 0 Å². The molecule has 0 heterocycles. The van der Waals surface area contributed by atoms with Gasteiger partial charge in [-0.05, 0) is 32.9 Å². The van der Waals surface area contributed by atoms with Gasteiger partial charge in [0.1, 0.15) is 6.04 Å². The van der Waals surface area contributed by atoms with Crippen LogP contribution in [0, 0.1) is 0 Å². The third-order valence-electron chi connectivity index (χ3n) is 2.99. The second-order valence-corrected chi connectivity index (χ2v) is 5.44. The number of carbonyl (C=O) groups excluding carboxylic acids is 1. The Balaban J connectivity index is 3.05. The average molecular weight is 279 g/mol. The van der Waals surface area contributed by atoms with E-state index in [9.17, 15) is 9.90 Å². The Morgan fingerprint density at radius 3 is 2.35 bits per heavy atom. The van der Waals surface area contributed by atoms with Crippen molar-refractivity contribution in [3.05, 3.63) is 35.9 Å². The molecule has 0 bridgehead atoms. The van der Waals surface area contributed by atoms with Crippen LogP contribution in [0.1, 0.15) is 39.3 Å². The Labute approximate surface area is 121 Å². The van der Waals surface area contributed by atoms with Crippen molar-refractivity contribution in [1.29, 1.82) is 0 Å². The van der Waals surface area contributed by atoms with Crippen LogP contribution in [0.5, 0.6) is 0 Å². The van der Waals surface area contributed by atoms with E-state index >= 15 is 0 Å². The van der Waals surface area contributed by atoms with Crippen molar-refractivity contribution in [3.8, 4) is 0 Å². The van der Waals surface area contributed by atoms with Gasteiger partial charge < -0.3 is 9.84 Å². The topological polar surface area (TPSA) is 49.8 Å². The van der Waals surface area contributed by atoms with Crippen LogP contribution < -0.4 is 0 Å². The van der Waals surface area contributed by atoms with Crippen molar-refractivity contribution in [3.63, 3.8) is 0 Å². The number of hydrogen-bond donors (Lipinski definition) is 1. The number of nitrogens with zero attached hydrogens (tertiary/aromatic N) is 1. The molecule has 20 heavy (non-hydrogen) atoms. The number of ether oxygens (including phenoxy) is 1. The van der Waals surface area contributed by atoms with Gasteiger partial charge in [0.05, 0.1) is 12.2 Å². The van der Waals surface area contributed by atoms with Gasteiger partial charge in [-0.15, -0.1) is 0 Å². The average Bonchev–Trinajstić information content (AvgIpc) is 2.38. The molecule has 0 saturated heterocycles. The van der Waals surface area contributed by atoms with E-state index < -0.39 is 11.6 Å². The SMILES string of the molecule is CCOC(=O)C(c1ccccc1)N(CC)CC(C)(C)O. The molecule has 0 radical (unpaired) electrons. The Hall–Kier alpha value is -1.39. The summed E-state index contributed by atoms with van der Waals surface area (Å²) < 4.78 is 5.19. The second kappa shape index (κ2) is 7.41. The first-order chi connectivity index (χ1) is 9.39. The van der Waals surface area contributed by atoms with Gasteiger partial charge in [-0.1, -0.05) is 37.3 Å². The van der Waals surface area contributed by atoms with Crippen molar-refractivity contribution < 1.29 is 14.6 Å². The van der Waals surface area contributed by atoms with Crippen molar-refractivity contribution >= 4 is 5.97 Å². The fourth-order valence-corrected chi connectivity index (χ4v) is 2.24. The molecular formula is C16H25NO3. The first-order valence-electron chi connectivity index (χ1n) is 7.07. The molecule has 1 N–H and O–H groups in total. The molecule has 0 aliphatic carbocycles. The standard InChI is InChI=1S/C16H25NO3/c1-5-17(12-16(3,4)19)14(15(18)20-6-2)13-10-8-7-9-11-13/h7-11,14,19H,5-6,12H2,1-4H3. The predicted molar refractivity (Wildman–Crippen MR) is 79.4 cm³/mol. The van der Waals surface area contributed by atoms with Crippen LogP contribution in [0.25, 0.3) is 0 Å². The van der Waals surface area contributed by atoms with E-state index in [1.54, 1.807) is 20.8 Å². The van der Waals surface area contributed by atoms with Gasteiger partial charge in [-0.3, -0.25) is 4.90 Å². The highest BCUT2D eigenvalue weighted by atomic mass is 16.5. The maximum atomic E-state index is 12.3. The summed E-state index contributed by atoms with van der Waals surface area (Å²) in [6, 6.07) is 9.06. The van der Waals surface area contributed by atoms with Crippen LogP contribution in [0.4, 0.5) is 0 Å². The first-order valence-corrected chi connectivity index (χ1v) is 7.07. The third-order valence-corrected chi connectivity index (χ3v) is 2.99. The van der Waals surface area contributed by atoms with Gasteiger partial charge >= 0.3 is 5.97 Å². The molecule has 1 aromatic rings. The highest BCUT2D eigenvalue weighted by Gasteiger charge is 2.31. The van der Waals surface area contributed by atoms with Crippen LogP contribution in [0.15, 0.2) is 30.3 Å². The predicted octanol–water partition coefficient (Wildman–Crippen LogP) is 2.38. The monoisotopic (exact) mass is 279 g/mol. The Kier molecular flexibility index (Phi) is 6.17. The lowest BCUT2D eigenvalue weighted by molar-refractivity contribution is -0.151. The number of aliphatic hydroxyl groups is 1. The maximum absolute atomic E-state index is 12.3. The van der Waals surface area contributed by atoms with Gasteiger partial charge in [0.15, 0.2) is 0 Å². The molecule has 0 aliphatic rings. The van der Waals surface area contributed by atoms with E-state index in [0.717, 1.165) is 5.56 Å². The van der Waals surface area contributed by atoms with Crippen molar-refractivity contribution in [1.82, 2.24) is 4.90 Å². The van der Waals surface area contributed by atoms with Crippen molar-refractivity contribution in [2.75, 3.05) is 19.7 Å². The number of likely N-dealkylation sites (N-methyl/N-ethyl adjacent to an activating group) is 1. The summed E-state index contributed by atoms with van der Waals surface area (Å²) in [6.45, 7) is 8.66. The molecule has 1 rings (SSSR count). The van der Waals surface area contributed by atoms with Crippen molar-refractivity contribution in [2.24, 2.45) is 0 Å². The molecular weight excluding hydrogens is 254 g/mol. The van der Waals surface area contributed by atoms with Gasteiger partial charge in [-0.25, -0.2) is 4.79 Å². The van der Waals surface area contributed by atoms with E-state index in [-0.39, 0.29) is 5.97 Å². The minimum Gasteiger partial charge on any atom is -0.465 e. The number of benzene rings is 1. The highest BCUT2D eigenvalue weighted by Crippen LogP contribution is 2.24. The van der Waals surface area contributed by atoms with Crippen LogP contribution in [-0.2, 0) is 9.53 Å². The van der Waals surface area contributed by atoms with E-state index in [1.807, 2.05) is 42.2 Å². The molecule has 1 aromatic carbocycles. The largest absolute Gasteiger partial charge is 0.465 e. The van der Waals surface area contributed by atoms with Gasteiger partial charge in [0.2, 0.25) is 0 Å². The summed E-state index contributed by atoms with van der Waals surface area (Å²) in [6.07, 6.45) is 0. The summed E-state index contributed by atoms with van der Waals surface area (Å²) in [4.78, 5) is 14.2. The molecule has 0 spiro atoms. The summed E-state index contributed by atoms with van der Waals surface area (Å²) in [7, 11) is 0. The number of carbonyl (C=O) groups is 1. The van der Waals surface area contributed by atoms with Crippen LogP contribution in [-0.4, -0.2) is 41.3 Å². The lowest BCUT2D eigenvalue weighted by Crippen LogP contribution is -2.43. The molecule has 4 heteroatoms. The summed E-state index contributed by atoms with van der Waals surface area (Å²) in [5.74, 6) is -0.273. The number of hydrogen-bond acceptors (Lipinski definition) is 4. The summed E-state index contributed by atoms with van der Waals surface area (Å²) in [5, 5.41) is 10.0. The quantitative estimate of drug-likeness (QED) is 0.779. The molecule has 1 atom stereocenters. The molecule has 0 aliphatic heterocycles. The molecule has 4 nitrogen and oxygen atoms in total. The van der Waals surface area contributed by atoms with Crippen LogP contribution in [0.3, 0.4) is 0 Å². The van der Waals surface area contributed by atoms with E-state index in [0.29, 0.717) is 19.7 Å². The fourth-order valence-electron chi connectivity index (χ4n) is 2.24. The first kappa shape index (κ1) is 16.7. The van der Waals surface area contributed by atoms with E-state index in [1.165, 1.54) is 0 Å². The number of rotatable bonds is 7. The van der Waals surface area contributed by atoms with Gasteiger partial charge in [0.25, 0.3) is 0 Å². The summed E-state index contributed by atoms with van der Waals surface area (Å²) >= 11 is 0. The summed E-state index contributed by atoms with van der Waals surface area (Å²) in [5.41, 5.74) is 0.0206. The third kappa shape index (κ3) is 4.94. The normalized spacial score (nSPS) is 13.3. The van der Waals surface area contributed by atoms with Crippen LogP contribution >= 0.6 is 0 Å². The maximum Gasteiger partial charge on any atom is 0.328 e. The Morgan fingerprint density at radius 2 is 1.90 bits per heavy atom. The molecule has 0 aromatic heterocycles. The molecule has 112 valence electrons. The molecule has 0 saturated carbocycles. The minimum atomic E-state index is -0.866. The zero-order valence-corrected chi connectivity index (χ0v) is 12.8. The van der Waals surface area contributed by atoms with Crippen molar-refractivity contribution in [2.45, 2.75) is 39.3 Å². The fraction of sp³-hybridized carbons (Fsp3) is 0.562. The number of esters is 1. The minimum absolute atomic E-state index is 0.273. The van der Waals surface area contributed by atoms with Gasteiger partial charge in [-0.2, -0.15) is 0 Å². The second-order valence-electron chi connectivity index (χ2n) is 5.44. The molecule has 1 unspecified atom stereocenters. The lowest BCUT2D eigenvalue weighted by atomic mass is 10.0. The highest BCUT2D eigenvalue weighted by molar-refractivity contribution is 5.77. The van der Waals surface area contributed by atoms with Gasteiger partial charge in [0, 0.05) is 6.54 Å². The lowest BCUT2D eigenvalue weighted by Gasteiger charge is -2.33. The van der Waals surface area contributed by atoms with E-state index in [4.69, 9.17) is 4.74 Å². The van der Waals surface area contributed by atoms with Crippen LogP contribution in [0.2, 0.25) is 0 Å². The smallest absolute Gasteiger partial charge is 0.328 e. The Bertz CT molecular complexity index is 411. The Morgan fingerprint density at radius 1 is 1.30 bits per heavy atom. The zero-order chi connectivity index (χ0) is 15.2. The molecule has 0 fully saturated rings. The molecule has 0 amide bonds. The zero-order valence-electron chi connectivity index (χ0n) is 12.8.